The lowest BCUT2D eigenvalue weighted by molar-refractivity contribution is -0.122. The molecule has 0 radical (unpaired) electrons. The summed E-state index contributed by atoms with van der Waals surface area (Å²) in [4.78, 5) is 34.0. The molecule has 3 heterocycles. The molecule has 1 aromatic heterocycles. The van der Waals surface area contributed by atoms with Gasteiger partial charge in [0.15, 0.2) is 5.78 Å². The minimum atomic E-state index is -3.14. The monoisotopic (exact) mass is 485 g/mol. The third-order valence-electron chi connectivity index (χ3n) is 8.40. The first-order chi connectivity index (χ1) is 16.7. The Morgan fingerprint density at radius 2 is 1.83 bits per heavy atom. The zero-order chi connectivity index (χ0) is 24.7. The highest BCUT2D eigenvalue weighted by Gasteiger charge is 2.49. The maximum atomic E-state index is 14.8. The fourth-order valence-corrected chi connectivity index (χ4v) is 5.58. The third kappa shape index (κ3) is 5.32. The number of alkyl halides is 2. The normalized spacial score (nSPS) is 23.7. The molecule has 0 unspecified atom stereocenters. The van der Waals surface area contributed by atoms with Crippen LogP contribution >= 0.6 is 0 Å². The predicted molar refractivity (Wildman–Crippen MR) is 124 cm³/mol. The van der Waals surface area contributed by atoms with E-state index in [-0.39, 0.29) is 35.6 Å². The number of pyridine rings is 1. The molecule has 1 atom stereocenters. The summed E-state index contributed by atoms with van der Waals surface area (Å²) in [5.74, 6) is -3.48. The van der Waals surface area contributed by atoms with Crippen LogP contribution in [0.5, 0.6) is 0 Å². The first kappa shape index (κ1) is 24.1. The molecule has 2 saturated carbocycles. The van der Waals surface area contributed by atoms with Crippen molar-refractivity contribution in [1.29, 1.82) is 5.26 Å². The Balaban J connectivity index is 1.18. The van der Waals surface area contributed by atoms with Crippen molar-refractivity contribution in [3.63, 3.8) is 0 Å². The van der Waals surface area contributed by atoms with E-state index in [9.17, 15) is 23.6 Å². The number of nitrogens with one attached hydrogen (secondary N) is 1. The Bertz CT molecular complexity index is 987. The second-order valence-corrected chi connectivity index (χ2v) is 11.1. The van der Waals surface area contributed by atoms with Crippen molar-refractivity contribution in [2.75, 3.05) is 26.2 Å². The number of nitrogens with zero attached hydrogens (tertiary/aromatic N) is 4. The molecule has 2 aliphatic heterocycles. The van der Waals surface area contributed by atoms with Gasteiger partial charge < -0.3 is 15.1 Å². The number of piperidine rings is 1. The van der Waals surface area contributed by atoms with Gasteiger partial charge in [-0.15, -0.1) is 0 Å². The average molecular weight is 486 g/mol. The lowest BCUT2D eigenvalue weighted by Gasteiger charge is -2.54. The number of nitriles is 1. The first-order valence-electron chi connectivity index (χ1n) is 12.8. The molecule has 2 saturated heterocycles. The number of halogens is 2. The molecule has 0 aromatic carbocycles. The van der Waals surface area contributed by atoms with Gasteiger partial charge in [0.05, 0.1) is 17.5 Å². The minimum Gasteiger partial charge on any atom is -0.328 e. The van der Waals surface area contributed by atoms with E-state index in [2.05, 4.69) is 21.3 Å². The molecule has 0 bridgehead atoms. The molecule has 35 heavy (non-hydrogen) atoms. The minimum absolute atomic E-state index is 0.00376. The second kappa shape index (κ2) is 9.12. The van der Waals surface area contributed by atoms with Gasteiger partial charge in [0, 0.05) is 55.3 Å². The van der Waals surface area contributed by atoms with Gasteiger partial charge in [-0.3, -0.25) is 9.78 Å². The van der Waals surface area contributed by atoms with Gasteiger partial charge in [0.2, 0.25) is 0 Å². The molecule has 4 fully saturated rings. The van der Waals surface area contributed by atoms with E-state index in [1.807, 2.05) is 0 Å². The summed E-state index contributed by atoms with van der Waals surface area (Å²) < 4.78 is 29.6. The SMILES string of the molecule is N#CC1(CC(=O)[C@H](CCC(F)(F)c2ccncc2)NC(=O)N2CC3(CCN(C4CC4)CC3)C2)CC1. The van der Waals surface area contributed by atoms with Gasteiger partial charge in [0.1, 0.15) is 0 Å². The number of carbonyl (C=O) groups excluding carboxylic acids is 2. The Morgan fingerprint density at radius 3 is 2.40 bits per heavy atom. The summed E-state index contributed by atoms with van der Waals surface area (Å²) in [5.41, 5.74) is -0.706. The Labute approximate surface area is 204 Å². The van der Waals surface area contributed by atoms with E-state index in [1.165, 1.54) is 37.4 Å². The number of Topliss-reactive ketones (excluding diaryl/α,β-unsaturated/α-hetero) is 1. The van der Waals surface area contributed by atoms with E-state index in [1.54, 1.807) is 4.90 Å². The molecule has 1 spiro atoms. The number of aromatic nitrogens is 1. The van der Waals surface area contributed by atoms with Crippen LogP contribution < -0.4 is 5.32 Å². The van der Waals surface area contributed by atoms with Crippen LogP contribution in [0.2, 0.25) is 0 Å². The van der Waals surface area contributed by atoms with Crippen LogP contribution in [0.3, 0.4) is 0 Å². The molecule has 7 nitrogen and oxygen atoms in total. The number of hydrogen-bond donors (Lipinski definition) is 1. The van der Waals surface area contributed by atoms with Crippen molar-refractivity contribution >= 4 is 11.8 Å². The zero-order valence-electron chi connectivity index (χ0n) is 20.0. The highest BCUT2D eigenvalue weighted by Crippen LogP contribution is 2.48. The average Bonchev–Trinajstić information content (AvgIpc) is 3.76. The molecule has 5 rings (SSSR count). The van der Waals surface area contributed by atoms with Gasteiger partial charge in [-0.2, -0.15) is 5.26 Å². The van der Waals surface area contributed by atoms with Crippen LogP contribution in [-0.4, -0.2) is 64.9 Å². The van der Waals surface area contributed by atoms with E-state index in [4.69, 9.17) is 0 Å². The van der Waals surface area contributed by atoms with Crippen molar-refractivity contribution in [2.45, 2.75) is 75.8 Å². The summed E-state index contributed by atoms with van der Waals surface area (Å²) in [7, 11) is 0. The molecule has 2 aliphatic carbocycles. The summed E-state index contributed by atoms with van der Waals surface area (Å²) in [5, 5.41) is 12.1. The third-order valence-corrected chi connectivity index (χ3v) is 8.40. The van der Waals surface area contributed by atoms with Crippen molar-refractivity contribution in [2.24, 2.45) is 10.8 Å². The standard InChI is InChI=1S/C26H33F2N5O2/c27-26(28,19-4-11-30-12-5-19)6-3-21(22(34)15-24(16-29)7-8-24)31-23(35)33-17-25(18-33)9-13-32(14-10-25)20-1-2-20/h4-5,11-12,20-21H,1-3,6-10,13-15,17-18H2,(H,31,35)/t21-/m0/s1. The summed E-state index contributed by atoms with van der Waals surface area (Å²) in [6.07, 6.45) is 7.86. The van der Waals surface area contributed by atoms with Crippen molar-refractivity contribution in [3.05, 3.63) is 30.1 Å². The largest absolute Gasteiger partial charge is 0.328 e. The number of hydrogen-bond acceptors (Lipinski definition) is 5. The van der Waals surface area contributed by atoms with Crippen LogP contribution in [0, 0.1) is 22.2 Å². The molecule has 1 aromatic rings. The molecule has 2 amide bonds. The Hall–Kier alpha value is -2.60. The number of rotatable bonds is 9. The van der Waals surface area contributed by atoms with E-state index in [0.29, 0.717) is 25.9 Å². The van der Waals surface area contributed by atoms with Gasteiger partial charge in [-0.05, 0) is 70.2 Å². The fraction of sp³-hybridized carbons (Fsp3) is 0.692. The predicted octanol–water partition coefficient (Wildman–Crippen LogP) is 3.85. The van der Waals surface area contributed by atoms with Crippen molar-refractivity contribution in [1.82, 2.24) is 20.1 Å². The smallest absolute Gasteiger partial charge is 0.318 e. The van der Waals surface area contributed by atoms with E-state index < -0.39 is 23.8 Å². The summed E-state index contributed by atoms with van der Waals surface area (Å²) in [6, 6.07) is 4.07. The molecular weight excluding hydrogens is 452 g/mol. The van der Waals surface area contributed by atoms with Gasteiger partial charge in [-0.25, -0.2) is 13.6 Å². The van der Waals surface area contributed by atoms with Crippen LogP contribution in [0.4, 0.5) is 13.6 Å². The maximum absolute atomic E-state index is 14.8. The quantitative estimate of drug-likeness (QED) is 0.574. The number of amides is 2. The molecule has 1 N–H and O–H groups in total. The van der Waals surface area contributed by atoms with Crippen molar-refractivity contribution in [3.8, 4) is 6.07 Å². The number of ketones is 1. The van der Waals surface area contributed by atoms with Crippen LogP contribution in [-0.2, 0) is 10.7 Å². The lowest BCUT2D eigenvalue weighted by Crippen LogP contribution is -2.64. The van der Waals surface area contributed by atoms with E-state index >= 15 is 0 Å². The molecule has 188 valence electrons. The number of carbonyl (C=O) groups is 2. The van der Waals surface area contributed by atoms with Crippen LogP contribution in [0.1, 0.15) is 63.4 Å². The lowest BCUT2D eigenvalue weighted by atomic mass is 9.72. The molecule has 9 heteroatoms. The maximum Gasteiger partial charge on any atom is 0.318 e. The summed E-state index contributed by atoms with van der Waals surface area (Å²) in [6.45, 7) is 3.43. The fourth-order valence-electron chi connectivity index (χ4n) is 5.58. The number of likely N-dealkylation sites (tertiary alicyclic amines) is 2. The Morgan fingerprint density at radius 1 is 1.17 bits per heavy atom. The van der Waals surface area contributed by atoms with Crippen LogP contribution in [0.25, 0.3) is 0 Å². The zero-order valence-corrected chi connectivity index (χ0v) is 20.0. The summed E-state index contributed by atoms with van der Waals surface area (Å²) >= 11 is 0. The second-order valence-electron chi connectivity index (χ2n) is 11.1. The number of urea groups is 1. The topological polar surface area (TPSA) is 89.3 Å². The van der Waals surface area contributed by atoms with Gasteiger partial charge in [-0.1, -0.05) is 0 Å². The van der Waals surface area contributed by atoms with Gasteiger partial charge in [0.25, 0.3) is 5.92 Å². The molecule has 4 aliphatic rings. The highest BCUT2D eigenvalue weighted by molar-refractivity contribution is 5.89. The van der Waals surface area contributed by atoms with Crippen molar-refractivity contribution < 1.29 is 18.4 Å². The molecular formula is C26H33F2N5O2. The van der Waals surface area contributed by atoms with E-state index in [0.717, 1.165) is 32.0 Å². The highest BCUT2D eigenvalue weighted by atomic mass is 19.3. The Kier molecular flexibility index (Phi) is 6.28. The van der Waals surface area contributed by atoms with Gasteiger partial charge >= 0.3 is 6.03 Å². The first-order valence-corrected chi connectivity index (χ1v) is 12.8. The van der Waals surface area contributed by atoms with Crippen LogP contribution in [0.15, 0.2) is 24.5 Å².